The van der Waals surface area contributed by atoms with Gasteiger partial charge in [0.25, 0.3) is 0 Å². The van der Waals surface area contributed by atoms with Gasteiger partial charge in [-0.15, -0.1) is 11.3 Å². The summed E-state index contributed by atoms with van der Waals surface area (Å²) < 4.78 is 0.978. The van der Waals surface area contributed by atoms with E-state index in [1.165, 1.54) is 11.3 Å². The van der Waals surface area contributed by atoms with E-state index in [-0.39, 0.29) is 17.7 Å². The Hall–Kier alpha value is -2.24. The van der Waals surface area contributed by atoms with Crippen LogP contribution in [0.4, 0.5) is 17.5 Å². The van der Waals surface area contributed by atoms with E-state index in [9.17, 15) is 15.3 Å². The summed E-state index contributed by atoms with van der Waals surface area (Å²) in [6, 6.07) is 5.43. The zero-order valence-electron chi connectivity index (χ0n) is 16.4. The lowest BCUT2D eigenvalue weighted by molar-refractivity contribution is 0.00446. The number of fused-ring (bicyclic) bond motifs is 1. The molecule has 0 spiro atoms. The Morgan fingerprint density at radius 2 is 2.00 bits per heavy atom. The van der Waals surface area contributed by atoms with Gasteiger partial charge in [-0.3, -0.25) is 0 Å². The smallest absolute Gasteiger partial charge is 0.223 e. The minimum absolute atomic E-state index is 0.0194. The van der Waals surface area contributed by atoms with E-state index in [4.69, 9.17) is 17.3 Å². The Balaban J connectivity index is 1.75. The zero-order chi connectivity index (χ0) is 21.6. The van der Waals surface area contributed by atoms with Crippen molar-refractivity contribution in [2.75, 3.05) is 36.7 Å². The van der Waals surface area contributed by atoms with Crippen molar-refractivity contribution in [3.05, 3.63) is 23.4 Å². The highest BCUT2D eigenvalue weighted by atomic mass is 35.5. The lowest BCUT2D eigenvalue weighted by Gasteiger charge is -2.20. The fraction of sp³-hybridized carbons (Fsp3) is 0.421. The molecule has 0 aliphatic heterocycles. The number of nitrogens with zero attached hydrogens (tertiary/aromatic N) is 4. The molecule has 4 unspecified atom stereocenters. The predicted octanol–water partition coefficient (Wildman–Crippen LogP) is 1.57. The largest absolute Gasteiger partial charge is 0.396 e. The fourth-order valence-electron chi connectivity index (χ4n) is 3.67. The molecule has 6 N–H and O–H groups in total. The van der Waals surface area contributed by atoms with E-state index in [0.29, 0.717) is 22.8 Å². The lowest BCUT2D eigenvalue weighted by Crippen LogP contribution is -2.35. The van der Waals surface area contributed by atoms with Gasteiger partial charge in [0.15, 0.2) is 0 Å². The number of rotatable bonds is 5. The van der Waals surface area contributed by atoms with Gasteiger partial charge in [-0.2, -0.15) is 4.98 Å². The molecule has 1 aliphatic rings. The highest BCUT2D eigenvalue weighted by Gasteiger charge is 2.41. The molecular formula is C19H23ClN6O3S. The molecule has 160 valence electrons. The highest BCUT2D eigenvalue weighted by Crippen LogP contribution is 2.40. The maximum Gasteiger partial charge on any atom is 0.223 e. The summed E-state index contributed by atoms with van der Waals surface area (Å²) in [5.74, 6) is -0.120. The van der Waals surface area contributed by atoms with Gasteiger partial charge in [-0.05, 0) is 24.6 Å². The Morgan fingerprint density at radius 1 is 1.23 bits per heavy atom. The van der Waals surface area contributed by atoms with Gasteiger partial charge in [-0.25, -0.2) is 9.97 Å². The summed E-state index contributed by atoms with van der Waals surface area (Å²) in [5, 5.41) is 33.8. The van der Waals surface area contributed by atoms with Gasteiger partial charge in [0, 0.05) is 32.3 Å². The van der Waals surface area contributed by atoms with Crippen molar-refractivity contribution in [2.24, 2.45) is 5.92 Å². The third-order valence-corrected chi connectivity index (χ3v) is 6.65. The first-order valence-corrected chi connectivity index (χ1v) is 10.6. The van der Waals surface area contributed by atoms with Crippen LogP contribution in [0.2, 0.25) is 5.15 Å². The van der Waals surface area contributed by atoms with Gasteiger partial charge in [0.2, 0.25) is 5.95 Å². The quantitative estimate of drug-likeness (QED) is 0.366. The van der Waals surface area contributed by atoms with Crippen LogP contribution in [0.25, 0.3) is 20.8 Å². The Labute approximate surface area is 182 Å². The standard InChI is InChI=1S/C19H23ClN6O3S/c1-26(2)9-3-4-10-12(6-9)30-18(23-10)13-16(20)24-19(21)25-17(13)22-11-5-8(7-27)14(28)15(11)29/h3-4,6,8,11,14-15,27-29H,5,7H2,1-2H3,(H3,21,22,24,25). The van der Waals surface area contributed by atoms with Gasteiger partial charge < -0.3 is 31.3 Å². The molecule has 0 amide bonds. The molecule has 2 aromatic heterocycles. The van der Waals surface area contributed by atoms with Gasteiger partial charge in [0.1, 0.15) is 22.1 Å². The summed E-state index contributed by atoms with van der Waals surface area (Å²) in [5.41, 5.74) is 8.15. The van der Waals surface area contributed by atoms with Gasteiger partial charge in [0.05, 0.1) is 27.9 Å². The second-order valence-corrected chi connectivity index (χ2v) is 8.96. The summed E-state index contributed by atoms with van der Waals surface area (Å²) in [6.45, 7) is -0.220. The molecule has 1 saturated carbocycles. The van der Waals surface area contributed by atoms with Crippen LogP contribution in [0.15, 0.2) is 18.2 Å². The topological polar surface area (TPSA) is 141 Å². The maximum atomic E-state index is 10.4. The molecule has 1 aromatic carbocycles. The van der Waals surface area contributed by atoms with Crippen LogP contribution >= 0.6 is 22.9 Å². The molecule has 4 rings (SSSR count). The molecular weight excluding hydrogens is 428 g/mol. The molecule has 2 heterocycles. The third-order valence-electron chi connectivity index (χ3n) is 5.34. The minimum Gasteiger partial charge on any atom is -0.396 e. The van der Waals surface area contributed by atoms with Crippen LogP contribution in [0.1, 0.15) is 6.42 Å². The van der Waals surface area contributed by atoms with E-state index in [1.54, 1.807) is 0 Å². The van der Waals surface area contributed by atoms with Crippen LogP contribution < -0.4 is 16.0 Å². The second kappa shape index (κ2) is 8.12. The normalized spacial score (nSPS) is 23.8. The number of benzene rings is 1. The van der Waals surface area contributed by atoms with Crippen LogP contribution in [0.3, 0.4) is 0 Å². The van der Waals surface area contributed by atoms with Gasteiger partial charge >= 0.3 is 0 Å². The van der Waals surface area contributed by atoms with Crippen molar-refractivity contribution < 1.29 is 15.3 Å². The number of thiazole rings is 1. The Morgan fingerprint density at radius 3 is 2.67 bits per heavy atom. The number of anilines is 3. The maximum absolute atomic E-state index is 10.4. The average molecular weight is 451 g/mol. The molecule has 0 bridgehead atoms. The number of hydrogen-bond acceptors (Lipinski definition) is 10. The summed E-state index contributed by atoms with van der Waals surface area (Å²) in [6.07, 6.45) is -1.73. The molecule has 11 heteroatoms. The molecule has 30 heavy (non-hydrogen) atoms. The molecule has 3 aromatic rings. The first-order valence-electron chi connectivity index (χ1n) is 9.43. The Bertz CT molecular complexity index is 1080. The van der Waals surface area contributed by atoms with Crippen molar-refractivity contribution in [2.45, 2.75) is 24.7 Å². The van der Waals surface area contributed by atoms with E-state index in [0.717, 1.165) is 15.9 Å². The minimum atomic E-state index is -1.07. The van der Waals surface area contributed by atoms with E-state index >= 15 is 0 Å². The first kappa shape index (κ1) is 21.0. The van der Waals surface area contributed by atoms with Crippen LogP contribution in [-0.4, -0.2) is 69.2 Å². The molecule has 0 radical (unpaired) electrons. The second-order valence-electron chi connectivity index (χ2n) is 7.57. The zero-order valence-corrected chi connectivity index (χ0v) is 18.0. The number of halogens is 1. The molecule has 1 fully saturated rings. The number of aromatic nitrogens is 3. The average Bonchev–Trinajstić information content (AvgIpc) is 3.22. The van der Waals surface area contributed by atoms with Crippen LogP contribution in [0, 0.1) is 5.92 Å². The van der Waals surface area contributed by atoms with Crippen molar-refractivity contribution in [3.8, 4) is 10.6 Å². The monoisotopic (exact) mass is 450 g/mol. The van der Waals surface area contributed by atoms with Crippen molar-refractivity contribution in [1.29, 1.82) is 0 Å². The van der Waals surface area contributed by atoms with Gasteiger partial charge in [-0.1, -0.05) is 11.6 Å². The summed E-state index contributed by atoms with van der Waals surface area (Å²) in [7, 11) is 3.94. The predicted molar refractivity (Wildman–Crippen MR) is 119 cm³/mol. The van der Waals surface area contributed by atoms with Crippen molar-refractivity contribution >= 4 is 50.6 Å². The van der Waals surface area contributed by atoms with Crippen molar-refractivity contribution in [1.82, 2.24) is 15.0 Å². The SMILES string of the molecule is CN(C)c1ccc2nc(-c3c(Cl)nc(N)nc3NC3CC(CO)C(O)C3O)sc2c1. The highest BCUT2D eigenvalue weighted by molar-refractivity contribution is 7.21. The van der Waals surface area contributed by atoms with Crippen molar-refractivity contribution in [3.63, 3.8) is 0 Å². The fourth-order valence-corrected chi connectivity index (χ4v) is 5.03. The molecule has 1 aliphatic carbocycles. The van der Waals surface area contributed by atoms with Crippen LogP contribution in [-0.2, 0) is 0 Å². The molecule has 4 atom stereocenters. The first-order chi connectivity index (χ1) is 14.3. The Kier molecular flexibility index (Phi) is 5.69. The van der Waals surface area contributed by atoms with E-state index in [2.05, 4.69) is 20.3 Å². The number of nitrogens with two attached hydrogens (primary N) is 1. The van der Waals surface area contributed by atoms with E-state index < -0.39 is 24.2 Å². The number of hydrogen-bond donors (Lipinski definition) is 5. The molecule has 0 saturated heterocycles. The summed E-state index contributed by atoms with van der Waals surface area (Å²) >= 11 is 7.87. The number of aliphatic hydroxyl groups is 3. The number of aliphatic hydroxyl groups excluding tert-OH is 3. The molecule has 9 nitrogen and oxygen atoms in total. The summed E-state index contributed by atoms with van der Waals surface area (Å²) in [4.78, 5) is 15.0. The number of nitrogens with one attached hydrogen (secondary N) is 1. The third kappa shape index (κ3) is 3.77. The number of nitrogen functional groups attached to an aromatic ring is 1. The lowest BCUT2D eigenvalue weighted by atomic mass is 10.1. The van der Waals surface area contributed by atoms with Crippen LogP contribution in [0.5, 0.6) is 0 Å². The van der Waals surface area contributed by atoms with E-state index in [1.807, 2.05) is 37.2 Å².